The number of amides is 2. The van der Waals surface area contributed by atoms with Gasteiger partial charge in [-0.25, -0.2) is 0 Å². The normalized spacial score (nSPS) is 21.9. The first-order valence-corrected chi connectivity index (χ1v) is 7.97. The Morgan fingerprint density at radius 1 is 1.38 bits per heavy atom. The molecule has 1 atom stereocenters. The number of hydrogen-bond acceptors (Lipinski definition) is 4. The lowest BCUT2D eigenvalue weighted by molar-refractivity contribution is -0.152. The molecule has 1 unspecified atom stereocenters. The van der Waals surface area contributed by atoms with Crippen molar-refractivity contribution in [3.05, 3.63) is 21.4 Å². The summed E-state index contributed by atoms with van der Waals surface area (Å²) in [5.41, 5.74) is 0.673. The van der Waals surface area contributed by atoms with Gasteiger partial charge in [0.15, 0.2) is 5.78 Å². The predicted molar refractivity (Wildman–Crippen MR) is 79.4 cm³/mol. The number of Topliss-reactive ketones (excluding diaryl/α,β-unsaturated/α-hetero) is 1. The van der Waals surface area contributed by atoms with Crippen LogP contribution in [0.3, 0.4) is 0 Å². The maximum absolute atomic E-state index is 12.4. The lowest BCUT2D eigenvalue weighted by Gasteiger charge is -2.36. The molecule has 6 heteroatoms. The third-order valence-electron chi connectivity index (χ3n) is 4.17. The Kier molecular flexibility index (Phi) is 3.57. The number of fused-ring (bicyclic) bond motifs is 1. The lowest BCUT2D eigenvalue weighted by Crippen LogP contribution is -2.58. The van der Waals surface area contributed by atoms with Gasteiger partial charge in [-0.15, -0.1) is 11.3 Å². The van der Waals surface area contributed by atoms with Gasteiger partial charge in [-0.1, -0.05) is 0 Å². The largest absolute Gasteiger partial charge is 0.329 e. The Balaban J connectivity index is 1.75. The molecule has 0 bridgehead atoms. The molecule has 2 saturated heterocycles. The fraction of sp³-hybridized carbons (Fsp3) is 0.533. The number of aryl methyl sites for hydroxylation is 2. The molecule has 3 rings (SSSR count). The van der Waals surface area contributed by atoms with E-state index in [2.05, 4.69) is 0 Å². The van der Waals surface area contributed by atoms with Gasteiger partial charge in [0.1, 0.15) is 12.6 Å². The molecular formula is C15H18N2O3S. The number of nitrogens with zero attached hydrogens (tertiary/aromatic N) is 2. The second-order valence-electron chi connectivity index (χ2n) is 5.69. The smallest absolute Gasteiger partial charge is 0.246 e. The van der Waals surface area contributed by atoms with Crippen LogP contribution < -0.4 is 0 Å². The Morgan fingerprint density at radius 3 is 2.81 bits per heavy atom. The van der Waals surface area contributed by atoms with E-state index in [1.54, 1.807) is 16.2 Å². The first-order valence-electron chi connectivity index (χ1n) is 7.16. The highest BCUT2D eigenvalue weighted by Crippen LogP contribution is 2.25. The number of carbonyl (C=O) groups excluding carboxylic acids is 3. The summed E-state index contributed by atoms with van der Waals surface area (Å²) < 4.78 is 0. The van der Waals surface area contributed by atoms with Crippen LogP contribution in [0.4, 0.5) is 0 Å². The molecule has 0 spiro atoms. The predicted octanol–water partition coefficient (Wildman–Crippen LogP) is 1.38. The molecule has 21 heavy (non-hydrogen) atoms. The maximum Gasteiger partial charge on any atom is 0.246 e. The summed E-state index contributed by atoms with van der Waals surface area (Å²) in [4.78, 5) is 41.9. The Bertz CT molecular complexity index is 622. The Hall–Kier alpha value is -1.69. The number of rotatable bonds is 3. The number of thiophene rings is 1. The van der Waals surface area contributed by atoms with Crippen molar-refractivity contribution in [3.8, 4) is 0 Å². The van der Waals surface area contributed by atoms with E-state index >= 15 is 0 Å². The third-order valence-corrected chi connectivity index (χ3v) is 5.14. The quantitative estimate of drug-likeness (QED) is 0.793. The fourth-order valence-corrected chi connectivity index (χ4v) is 4.11. The number of ketones is 1. The third kappa shape index (κ3) is 2.48. The van der Waals surface area contributed by atoms with Crippen LogP contribution in [0.25, 0.3) is 0 Å². The minimum Gasteiger partial charge on any atom is -0.329 e. The van der Waals surface area contributed by atoms with Crippen molar-refractivity contribution < 1.29 is 14.4 Å². The van der Waals surface area contributed by atoms with Crippen molar-refractivity contribution in [3.63, 3.8) is 0 Å². The number of piperazine rings is 1. The van der Waals surface area contributed by atoms with Gasteiger partial charge in [0, 0.05) is 21.9 Å². The molecule has 0 radical (unpaired) electrons. The van der Waals surface area contributed by atoms with Crippen LogP contribution in [0.15, 0.2) is 6.07 Å². The van der Waals surface area contributed by atoms with Crippen molar-refractivity contribution in [2.75, 3.05) is 19.6 Å². The van der Waals surface area contributed by atoms with Crippen LogP contribution >= 0.6 is 11.3 Å². The summed E-state index contributed by atoms with van der Waals surface area (Å²) in [6.45, 7) is 4.57. The molecule has 0 N–H and O–H groups in total. The Labute approximate surface area is 127 Å². The van der Waals surface area contributed by atoms with Crippen molar-refractivity contribution in [2.45, 2.75) is 32.7 Å². The first kappa shape index (κ1) is 14.3. The van der Waals surface area contributed by atoms with Gasteiger partial charge >= 0.3 is 0 Å². The zero-order valence-electron chi connectivity index (χ0n) is 12.2. The average Bonchev–Trinajstić information content (AvgIpc) is 3.02. The Morgan fingerprint density at radius 2 is 2.14 bits per heavy atom. The average molecular weight is 306 g/mol. The molecule has 1 aromatic heterocycles. The summed E-state index contributed by atoms with van der Waals surface area (Å²) in [6, 6.07) is 1.52. The molecule has 2 fully saturated rings. The number of hydrogen-bond donors (Lipinski definition) is 0. The summed E-state index contributed by atoms with van der Waals surface area (Å²) in [6.07, 6.45) is 1.58. The number of carbonyl (C=O) groups is 3. The topological polar surface area (TPSA) is 57.7 Å². The van der Waals surface area contributed by atoms with Crippen LogP contribution in [-0.4, -0.2) is 53.1 Å². The molecule has 3 heterocycles. The molecule has 2 amide bonds. The van der Waals surface area contributed by atoms with Crippen LogP contribution in [0, 0.1) is 13.8 Å². The first-order chi connectivity index (χ1) is 9.97. The van der Waals surface area contributed by atoms with Gasteiger partial charge in [0.25, 0.3) is 0 Å². The van der Waals surface area contributed by atoms with Gasteiger partial charge in [0.2, 0.25) is 11.8 Å². The highest BCUT2D eigenvalue weighted by Gasteiger charge is 2.42. The molecule has 0 aromatic carbocycles. The van der Waals surface area contributed by atoms with E-state index in [0.717, 1.165) is 16.2 Å². The van der Waals surface area contributed by atoms with E-state index < -0.39 is 0 Å². The molecular weight excluding hydrogens is 288 g/mol. The molecule has 1 aromatic rings. The lowest BCUT2D eigenvalue weighted by atomic mass is 10.1. The molecule has 2 aliphatic heterocycles. The van der Waals surface area contributed by atoms with E-state index in [-0.39, 0.29) is 36.7 Å². The van der Waals surface area contributed by atoms with E-state index in [0.29, 0.717) is 18.5 Å². The molecule has 0 saturated carbocycles. The van der Waals surface area contributed by atoms with E-state index in [4.69, 9.17) is 0 Å². The van der Waals surface area contributed by atoms with E-state index in [1.165, 1.54) is 4.90 Å². The van der Waals surface area contributed by atoms with Gasteiger partial charge in [-0.3, -0.25) is 14.4 Å². The van der Waals surface area contributed by atoms with Crippen LogP contribution in [0.1, 0.15) is 33.0 Å². The summed E-state index contributed by atoms with van der Waals surface area (Å²) >= 11 is 1.58. The molecule has 2 aliphatic rings. The molecule has 0 aliphatic carbocycles. The summed E-state index contributed by atoms with van der Waals surface area (Å²) in [5, 5.41) is 0. The van der Waals surface area contributed by atoms with Gasteiger partial charge in [0.05, 0.1) is 6.54 Å². The minimum atomic E-state index is -0.343. The van der Waals surface area contributed by atoms with Gasteiger partial charge in [-0.05, 0) is 32.8 Å². The monoisotopic (exact) mass is 306 g/mol. The van der Waals surface area contributed by atoms with Crippen molar-refractivity contribution in [1.29, 1.82) is 0 Å². The second-order valence-corrected chi connectivity index (χ2v) is 7.15. The van der Waals surface area contributed by atoms with Gasteiger partial charge in [-0.2, -0.15) is 0 Å². The van der Waals surface area contributed by atoms with Crippen molar-refractivity contribution in [2.24, 2.45) is 0 Å². The van der Waals surface area contributed by atoms with E-state index in [1.807, 2.05) is 19.9 Å². The highest BCUT2D eigenvalue weighted by atomic mass is 32.1. The second kappa shape index (κ2) is 5.26. The zero-order chi connectivity index (χ0) is 15.1. The van der Waals surface area contributed by atoms with Gasteiger partial charge < -0.3 is 9.80 Å². The van der Waals surface area contributed by atoms with Crippen molar-refractivity contribution in [1.82, 2.24) is 9.80 Å². The van der Waals surface area contributed by atoms with Crippen LogP contribution in [-0.2, 0) is 9.59 Å². The summed E-state index contributed by atoms with van der Waals surface area (Å²) in [5.74, 6) is -0.197. The minimum absolute atomic E-state index is 0.00588. The fourth-order valence-electron chi connectivity index (χ4n) is 3.16. The standard InChI is InChI=1S/C15H18N2O3S/c1-9-6-11(10(2)21-9)13(18)7-16-8-14(19)17-5-3-4-12(17)15(16)20/h6,12H,3-5,7-8H2,1-2H3. The molecule has 112 valence electrons. The van der Waals surface area contributed by atoms with E-state index in [9.17, 15) is 14.4 Å². The van der Waals surface area contributed by atoms with Crippen molar-refractivity contribution >= 4 is 28.9 Å². The SMILES string of the molecule is Cc1cc(C(=O)CN2CC(=O)N3CCCC3C2=O)c(C)s1. The van der Waals surface area contributed by atoms with Crippen LogP contribution in [0.2, 0.25) is 0 Å². The molecule has 5 nitrogen and oxygen atoms in total. The highest BCUT2D eigenvalue weighted by molar-refractivity contribution is 7.12. The maximum atomic E-state index is 12.4. The summed E-state index contributed by atoms with van der Waals surface area (Å²) in [7, 11) is 0. The van der Waals surface area contributed by atoms with Crippen LogP contribution in [0.5, 0.6) is 0 Å². The zero-order valence-corrected chi connectivity index (χ0v) is 13.0.